The lowest BCUT2D eigenvalue weighted by atomic mass is 9.82. The van der Waals surface area contributed by atoms with Gasteiger partial charge < -0.3 is 18.3 Å². The molecule has 0 radical (unpaired) electrons. The monoisotopic (exact) mass is 1330 g/mol. The van der Waals surface area contributed by atoms with Crippen LogP contribution in [0, 0.1) is 0 Å². The Bertz CT molecular complexity index is 7110. The zero-order chi connectivity index (χ0) is 68.8. The minimum Gasteiger partial charge on any atom is -0.309 e. The van der Waals surface area contributed by atoms with Gasteiger partial charge in [-0.15, -0.1) is 0 Å². The summed E-state index contributed by atoms with van der Waals surface area (Å²) >= 11 is 0. The van der Waals surface area contributed by atoms with E-state index in [2.05, 4.69) is 374 Å². The Labute approximate surface area is 600 Å². The van der Waals surface area contributed by atoms with Gasteiger partial charge in [-0.3, -0.25) is 0 Å². The van der Waals surface area contributed by atoms with E-state index in [4.69, 9.17) is 9.97 Å². The molecular weight excluding hydrogens is 1260 g/mol. The minimum atomic E-state index is -0.0986. The van der Waals surface area contributed by atoms with Gasteiger partial charge in [0, 0.05) is 93.2 Å². The van der Waals surface area contributed by atoms with Gasteiger partial charge in [-0.1, -0.05) is 228 Å². The fourth-order valence-corrected chi connectivity index (χ4v) is 18.4. The fourth-order valence-electron chi connectivity index (χ4n) is 18.4. The molecule has 0 bridgehead atoms. The number of para-hydroxylation sites is 4. The number of rotatable bonds is 8. The summed E-state index contributed by atoms with van der Waals surface area (Å²) in [6.45, 7) is 9.44. The van der Waals surface area contributed by atoms with E-state index in [9.17, 15) is 0 Å². The minimum absolute atomic E-state index is 0.0980. The normalized spacial score (nSPS) is 13.5. The molecule has 15 aromatic carbocycles. The molecule has 0 saturated heterocycles. The Kier molecular flexibility index (Phi) is 12.2. The molecule has 0 fully saturated rings. The molecule has 488 valence electrons. The third kappa shape index (κ3) is 8.39. The summed E-state index contributed by atoms with van der Waals surface area (Å²) in [4.78, 5) is 11.0. The van der Waals surface area contributed by atoms with Crippen LogP contribution >= 0.6 is 0 Å². The first-order valence-corrected chi connectivity index (χ1v) is 36.2. The van der Waals surface area contributed by atoms with Crippen LogP contribution in [-0.4, -0.2) is 28.2 Å². The van der Waals surface area contributed by atoms with Crippen molar-refractivity contribution >= 4 is 98.1 Å². The lowest BCUT2D eigenvalue weighted by Gasteiger charge is -2.22. The number of fused-ring (bicyclic) bond motifs is 19. The Balaban J connectivity index is 0.614. The second-order valence-corrected chi connectivity index (χ2v) is 29.7. The molecule has 2 aliphatic carbocycles. The van der Waals surface area contributed by atoms with Crippen LogP contribution in [0.1, 0.15) is 49.9 Å². The molecule has 0 aliphatic heterocycles. The molecule has 5 aromatic heterocycles. The van der Waals surface area contributed by atoms with Gasteiger partial charge in [-0.25, -0.2) is 9.97 Å². The number of aromatic nitrogens is 6. The molecule has 20 aromatic rings. The molecule has 104 heavy (non-hydrogen) atoms. The maximum Gasteiger partial charge on any atom is 0.160 e. The number of nitrogens with zero attached hydrogens (tertiary/aromatic N) is 6. The molecule has 6 heteroatoms. The quantitative estimate of drug-likeness (QED) is 0.152. The number of hydrogen-bond acceptors (Lipinski definition) is 2. The predicted molar refractivity (Wildman–Crippen MR) is 434 cm³/mol. The second kappa shape index (κ2) is 21.7. The molecule has 0 atom stereocenters. The van der Waals surface area contributed by atoms with Gasteiger partial charge in [0.2, 0.25) is 0 Å². The highest BCUT2D eigenvalue weighted by atomic mass is 15.0. The Hall–Kier alpha value is -13.2. The van der Waals surface area contributed by atoms with Crippen LogP contribution in [0.3, 0.4) is 0 Å². The molecule has 2 aliphatic rings. The Morgan fingerprint density at radius 2 is 0.558 bits per heavy atom. The van der Waals surface area contributed by atoms with E-state index in [-0.39, 0.29) is 10.8 Å². The van der Waals surface area contributed by atoms with Crippen LogP contribution in [0.4, 0.5) is 0 Å². The largest absolute Gasteiger partial charge is 0.309 e. The van der Waals surface area contributed by atoms with Gasteiger partial charge in [0.15, 0.2) is 5.82 Å². The van der Waals surface area contributed by atoms with Gasteiger partial charge in [0.05, 0.1) is 55.3 Å². The summed E-state index contributed by atoms with van der Waals surface area (Å²) in [5, 5.41) is 10.7. The van der Waals surface area contributed by atoms with Gasteiger partial charge in [0.25, 0.3) is 0 Å². The van der Waals surface area contributed by atoms with Crippen molar-refractivity contribution in [1.29, 1.82) is 0 Å². The van der Waals surface area contributed by atoms with Gasteiger partial charge in [-0.2, -0.15) is 0 Å². The highest BCUT2D eigenvalue weighted by Gasteiger charge is 2.37. The molecule has 5 heterocycles. The standard InChI is InChI=1S/C98H66N6/c1-97(2)82-31-14-8-25-69(82)71-44-41-67(57-84(71)97)103-89-35-18-12-29-75(89)79-54-62(39-49-93(79)103)60-37-47-91-77(52-60)73-27-10-16-33-87(73)101(91)65-24-20-23-64(51-65)96-99-86-46-43-66(56-81(86)95(100-96)59-21-6-5-7-22-59)102-88-34-17-11-28-74(88)78-53-61(38-48-92(78)102)63-40-50-94-80(55-63)76-30-13-19-36-90(76)104(94)68-42-45-72-70-26-9-15-32-83(70)98(3,4)85(72)58-68/h5-58H,1-4H3. The van der Waals surface area contributed by atoms with E-state index in [1.165, 1.54) is 143 Å². The van der Waals surface area contributed by atoms with Crippen molar-refractivity contribution in [3.05, 3.63) is 350 Å². The van der Waals surface area contributed by atoms with Crippen molar-refractivity contribution in [2.24, 2.45) is 0 Å². The second-order valence-electron chi connectivity index (χ2n) is 29.7. The molecule has 0 N–H and O–H groups in total. The maximum absolute atomic E-state index is 5.57. The van der Waals surface area contributed by atoms with E-state index in [0.717, 1.165) is 61.2 Å². The SMILES string of the molecule is CC1(C)c2ccccc2-c2ccc(-n3c4ccccc4c4cc(-c5ccc6c(c5)c5ccccc5n6-c5cccc(-c6nc(-c7ccccc7)c7cc(-n8c9ccccc9c9cc(-c%10ccc%11c(c%10)c%10ccccc%10n%11-c%10ccc%11c(c%10)C(C)(C)c%10ccccc%10-%11)ccc98)ccc7n6)c5)ccc43)cc21. The number of hydrogen-bond donors (Lipinski definition) is 0. The first-order valence-electron chi connectivity index (χ1n) is 36.2. The lowest BCUT2D eigenvalue weighted by molar-refractivity contribution is 0.660. The summed E-state index contributed by atoms with van der Waals surface area (Å²) in [5.74, 6) is 0.669. The summed E-state index contributed by atoms with van der Waals surface area (Å²) in [6, 6.07) is 121. The van der Waals surface area contributed by atoms with Crippen molar-refractivity contribution in [3.8, 4) is 89.9 Å². The van der Waals surface area contributed by atoms with E-state index in [1.807, 2.05) is 0 Å². The van der Waals surface area contributed by atoms with Gasteiger partial charge >= 0.3 is 0 Å². The van der Waals surface area contributed by atoms with E-state index >= 15 is 0 Å². The zero-order valence-electron chi connectivity index (χ0n) is 57.9. The molecule has 0 spiro atoms. The van der Waals surface area contributed by atoms with Crippen LogP contribution in [0.15, 0.2) is 328 Å². The molecule has 0 unspecified atom stereocenters. The van der Waals surface area contributed by atoms with Crippen LogP contribution in [-0.2, 0) is 10.8 Å². The summed E-state index contributed by atoms with van der Waals surface area (Å²) < 4.78 is 9.73. The van der Waals surface area contributed by atoms with Crippen molar-refractivity contribution in [1.82, 2.24) is 28.2 Å². The Morgan fingerprint density at radius 3 is 1.00 bits per heavy atom. The smallest absolute Gasteiger partial charge is 0.160 e. The van der Waals surface area contributed by atoms with Crippen molar-refractivity contribution in [2.75, 3.05) is 0 Å². The van der Waals surface area contributed by atoms with Crippen LogP contribution in [0.5, 0.6) is 0 Å². The average molecular weight is 1330 g/mol. The van der Waals surface area contributed by atoms with Crippen molar-refractivity contribution < 1.29 is 0 Å². The average Bonchev–Trinajstić information content (AvgIpc) is 1.49. The first-order chi connectivity index (χ1) is 51.1. The summed E-state index contributed by atoms with van der Waals surface area (Å²) in [5.41, 5.74) is 32.9. The third-order valence-corrected chi connectivity index (χ3v) is 23.4. The molecule has 22 rings (SSSR count). The lowest BCUT2D eigenvalue weighted by Crippen LogP contribution is -2.15. The highest BCUT2D eigenvalue weighted by molar-refractivity contribution is 6.15. The van der Waals surface area contributed by atoms with E-state index in [1.54, 1.807) is 0 Å². The van der Waals surface area contributed by atoms with Crippen LogP contribution in [0.25, 0.3) is 188 Å². The van der Waals surface area contributed by atoms with Gasteiger partial charge in [0.1, 0.15) is 0 Å². The highest BCUT2D eigenvalue weighted by Crippen LogP contribution is 2.52. The fraction of sp³-hybridized carbons (Fsp3) is 0.0612. The van der Waals surface area contributed by atoms with E-state index in [0.29, 0.717) is 5.82 Å². The van der Waals surface area contributed by atoms with E-state index < -0.39 is 0 Å². The van der Waals surface area contributed by atoms with Crippen molar-refractivity contribution in [2.45, 2.75) is 38.5 Å². The Morgan fingerprint density at radius 1 is 0.212 bits per heavy atom. The van der Waals surface area contributed by atoms with Gasteiger partial charge in [-0.05, 0) is 194 Å². The molecular formula is C98H66N6. The summed E-state index contributed by atoms with van der Waals surface area (Å²) in [6.07, 6.45) is 0. The molecule has 0 amide bonds. The topological polar surface area (TPSA) is 45.5 Å². The van der Waals surface area contributed by atoms with Crippen LogP contribution < -0.4 is 0 Å². The zero-order valence-corrected chi connectivity index (χ0v) is 57.9. The molecule has 6 nitrogen and oxygen atoms in total. The van der Waals surface area contributed by atoms with Crippen LogP contribution in [0.2, 0.25) is 0 Å². The first kappa shape index (κ1) is 58.6. The predicted octanol–water partition coefficient (Wildman–Crippen LogP) is 25.3. The maximum atomic E-state index is 5.57. The number of benzene rings is 15. The summed E-state index contributed by atoms with van der Waals surface area (Å²) in [7, 11) is 0. The third-order valence-electron chi connectivity index (χ3n) is 23.4. The molecule has 0 saturated carbocycles. The van der Waals surface area contributed by atoms with Crippen molar-refractivity contribution in [3.63, 3.8) is 0 Å².